The molecule has 0 atom stereocenters. The van der Waals surface area contributed by atoms with E-state index in [0.717, 1.165) is 6.54 Å². The monoisotopic (exact) mass is 215 g/mol. The Morgan fingerprint density at radius 1 is 1.71 bits per heavy atom. The van der Waals surface area contributed by atoms with Gasteiger partial charge < -0.3 is 15.2 Å². The Morgan fingerprint density at radius 2 is 2.43 bits per heavy atom. The van der Waals surface area contributed by atoms with Crippen molar-refractivity contribution in [1.29, 1.82) is 0 Å². The third-order valence-electron chi connectivity index (χ3n) is 1.92. The Bertz CT molecular complexity index is 311. The molecule has 0 aromatic carbocycles. The number of nitrogens with one attached hydrogen (secondary N) is 2. The first-order valence-electron chi connectivity index (χ1n) is 4.39. The molecule has 4 nitrogen and oxygen atoms in total. The average molecular weight is 216 g/mol. The maximum absolute atomic E-state index is 11.7. The van der Waals surface area contributed by atoms with E-state index in [0.29, 0.717) is 17.3 Å². The molecule has 0 unspecified atom stereocenters. The van der Waals surface area contributed by atoms with Crippen molar-refractivity contribution in [2.75, 3.05) is 27.2 Å². The fourth-order valence-corrected chi connectivity index (χ4v) is 1.24. The van der Waals surface area contributed by atoms with E-state index in [1.807, 2.05) is 7.05 Å². The molecule has 0 aliphatic heterocycles. The van der Waals surface area contributed by atoms with Gasteiger partial charge in [-0.2, -0.15) is 0 Å². The molecule has 5 heteroatoms. The number of likely N-dealkylation sites (N-methyl/N-ethyl adjacent to an activating group) is 2. The Labute approximate surface area is 88.2 Å². The van der Waals surface area contributed by atoms with E-state index in [2.05, 4.69) is 10.3 Å². The normalized spacial score (nSPS) is 10.2. The van der Waals surface area contributed by atoms with Crippen molar-refractivity contribution in [2.24, 2.45) is 0 Å². The van der Waals surface area contributed by atoms with E-state index in [1.54, 1.807) is 24.2 Å². The van der Waals surface area contributed by atoms with Crippen molar-refractivity contribution >= 4 is 17.5 Å². The van der Waals surface area contributed by atoms with Crippen molar-refractivity contribution < 1.29 is 4.79 Å². The number of H-pyrrole nitrogens is 1. The molecule has 78 valence electrons. The summed E-state index contributed by atoms with van der Waals surface area (Å²) in [6.07, 6.45) is 1.60. The van der Waals surface area contributed by atoms with Gasteiger partial charge in [0, 0.05) is 26.3 Å². The van der Waals surface area contributed by atoms with Crippen LogP contribution >= 0.6 is 11.6 Å². The van der Waals surface area contributed by atoms with Crippen LogP contribution in [0.1, 0.15) is 10.5 Å². The maximum atomic E-state index is 11.7. The SMILES string of the molecule is CNCCN(C)C(=O)c1cc(Cl)c[nH]1. The highest BCUT2D eigenvalue weighted by molar-refractivity contribution is 6.30. The number of aromatic nitrogens is 1. The second-order valence-electron chi connectivity index (χ2n) is 3.06. The third kappa shape index (κ3) is 2.75. The molecule has 1 aromatic rings. The lowest BCUT2D eigenvalue weighted by Gasteiger charge is -2.15. The molecular formula is C9H14ClN3O. The number of amides is 1. The van der Waals surface area contributed by atoms with Crippen molar-refractivity contribution in [1.82, 2.24) is 15.2 Å². The number of carbonyl (C=O) groups is 1. The van der Waals surface area contributed by atoms with Gasteiger partial charge in [0.25, 0.3) is 5.91 Å². The number of rotatable bonds is 4. The summed E-state index contributed by atoms with van der Waals surface area (Å²) >= 11 is 5.70. The van der Waals surface area contributed by atoms with Crippen molar-refractivity contribution in [3.63, 3.8) is 0 Å². The first kappa shape index (κ1) is 11.1. The molecule has 0 saturated carbocycles. The van der Waals surface area contributed by atoms with Gasteiger partial charge in [-0.05, 0) is 13.1 Å². The van der Waals surface area contributed by atoms with E-state index < -0.39 is 0 Å². The van der Waals surface area contributed by atoms with E-state index in [9.17, 15) is 4.79 Å². The van der Waals surface area contributed by atoms with Gasteiger partial charge in [-0.25, -0.2) is 0 Å². The molecule has 0 saturated heterocycles. The smallest absolute Gasteiger partial charge is 0.270 e. The molecule has 1 aromatic heterocycles. The number of hydrogen-bond donors (Lipinski definition) is 2. The van der Waals surface area contributed by atoms with Gasteiger partial charge in [0.1, 0.15) is 5.69 Å². The second kappa shape index (κ2) is 5.02. The minimum atomic E-state index is -0.0489. The molecule has 2 N–H and O–H groups in total. The molecule has 0 radical (unpaired) electrons. The summed E-state index contributed by atoms with van der Waals surface area (Å²) in [7, 11) is 3.61. The van der Waals surface area contributed by atoms with Crippen LogP contribution in [-0.4, -0.2) is 43.0 Å². The van der Waals surface area contributed by atoms with E-state index in [1.165, 1.54) is 0 Å². The Balaban J connectivity index is 2.56. The highest BCUT2D eigenvalue weighted by Gasteiger charge is 2.12. The molecule has 14 heavy (non-hydrogen) atoms. The van der Waals surface area contributed by atoms with Crippen LogP contribution < -0.4 is 5.32 Å². The first-order valence-corrected chi connectivity index (χ1v) is 4.77. The minimum absolute atomic E-state index is 0.0489. The lowest BCUT2D eigenvalue weighted by molar-refractivity contribution is 0.0792. The quantitative estimate of drug-likeness (QED) is 0.786. The zero-order chi connectivity index (χ0) is 10.6. The summed E-state index contributed by atoms with van der Waals surface area (Å²) in [5, 5.41) is 3.53. The first-order chi connectivity index (χ1) is 6.65. The molecule has 1 amide bonds. The zero-order valence-electron chi connectivity index (χ0n) is 8.30. The molecule has 0 bridgehead atoms. The number of halogens is 1. The maximum Gasteiger partial charge on any atom is 0.270 e. The number of hydrogen-bond acceptors (Lipinski definition) is 2. The Hall–Kier alpha value is -1.00. The highest BCUT2D eigenvalue weighted by Crippen LogP contribution is 2.10. The van der Waals surface area contributed by atoms with Crippen LogP contribution in [0.2, 0.25) is 5.02 Å². The molecule has 0 spiro atoms. The van der Waals surface area contributed by atoms with Crippen LogP contribution in [0.25, 0.3) is 0 Å². The van der Waals surface area contributed by atoms with Gasteiger partial charge in [-0.15, -0.1) is 0 Å². The van der Waals surface area contributed by atoms with Gasteiger partial charge in [-0.1, -0.05) is 11.6 Å². The second-order valence-corrected chi connectivity index (χ2v) is 3.50. The number of carbonyl (C=O) groups excluding carboxylic acids is 1. The van der Waals surface area contributed by atoms with Gasteiger partial charge in [-0.3, -0.25) is 4.79 Å². The predicted molar refractivity (Wildman–Crippen MR) is 56.7 cm³/mol. The molecule has 0 aliphatic rings. The van der Waals surface area contributed by atoms with Crippen molar-refractivity contribution in [3.05, 3.63) is 23.0 Å². The highest BCUT2D eigenvalue weighted by atomic mass is 35.5. The van der Waals surface area contributed by atoms with Gasteiger partial charge in [0.15, 0.2) is 0 Å². The molecule has 0 aliphatic carbocycles. The Morgan fingerprint density at radius 3 is 2.93 bits per heavy atom. The van der Waals surface area contributed by atoms with Crippen molar-refractivity contribution in [2.45, 2.75) is 0 Å². The molecular weight excluding hydrogens is 202 g/mol. The van der Waals surface area contributed by atoms with Crippen LogP contribution in [0, 0.1) is 0 Å². The van der Waals surface area contributed by atoms with Crippen LogP contribution in [0.3, 0.4) is 0 Å². The molecule has 0 fully saturated rings. The predicted octanol–water partition coefficient (Wildman–Crippen LogP) is 0.960. The summed E-state index contributed by atoms with van der Waals surface area (Å²) < 4.78 is 0. The Kier molecular flexibility index (Phi) is 3.98. The topological polar surface area (TPSA) is 48.1 Å². The van der Waals surface area contributed by atoms with E-state index >= 15 is 0 Å². The van der Waals surface area contributed by atoms with E-state index in [-0.39, 0.29) is 5.91 Å². The summed E-state index contributed by atoms with van der Waals surface area (Å²) in [6, 6.07) is 1.62. The summed E-state index contributed by atoms with van der Waals surface area (Å²) in [6.45, 7) is 1.45. The van der Waals surface area contributed by atoms with Gasteiger partial charge in [0.05, 0.1) is 5.02 Å². The standard InChI is InChI=1S/C9H14ClN3O/c1-11-3-4-13(2)9(14)8-5-7(10)6-12-8/h5-6,11-12H,3-4H2,1-2H3. The van der Waals surface area contributed by atoms with Crippen LogP contribution in [0.15, 0.2) is 12.3 Å². The van der Waals surface area contributed by atoms with Gasteiger partial charge in [0.2, 0.25) is 0 Å². The fourth-order valence-electron chi connectivity index (χ4n) is 1.08. The molecule has 1 heterocycles. The van der Waals surface area contributed by atoms with Crippen LogP contribution in [-0.2, 0) is 0 Å². The van der Waals surface area contributed by atoms with Crippen LogP contribution in [0.5, 0.6) is 0 Å². The zero-order valence-corrected chi connectivity index (χ0v) is 9.06. The third-order valence-corrected chi connectivity index (χ3v) is 2.14. The summed E-state index contributed by atoms with van der Waals surface area (Å²) in [4.78, 5) is 16.1. The van der Waals surface area contributed by atoms with Gasteiger partial charge >= 0.3 is 0 Å². The van der Waals surface area contributed by atoms with E-state index in [4.69, 9.17) is 11.6 Å². The number of nitrogens with zero attached hydrogens (tertiary/aromatic N) is 1. The fraction of sp³-hybridized carbons (Fsp3) is 0.444. The number of aromatic amines is 1. The average Bonchev–Trinajstić information content (AvgIpc) is 2.60. The lowest BCUT2D eigenvalue weighted by Crippen LogP contribution is -2.32. The minimum Gasteiger partial charge on any atom is -0.356 e. The lowest BCUT2D eigenvalue weighted by atomic mass is 10.3. The largest absolute Gasteiger partial charge is 0.356 e. The van der Waals surface area contributed by atoms with Crippen molar-refractivity contribution in [3.8, 4) is 0 Å². The molecule has 1 rings (SSSR count). The summed E-state index contributed by atoms with van der Waals surface area (Å²) in [5.41, 5.74) is 0.522. The van der Waals surface area contributed by atoms with Crippen LogP contribution in [0.4, 0.5) is 0 Å². The summed E-state index contributed by atoms with van der Waals surface area (Å²) in [5.74, 6) is -0.0489.